The predicted octanol–water partition coefficient (Wildman–Crippen LogP) is 4.63. The minimum absolute atomic E-state index is 0.0172. The summed E-state index contributed by atoms with van der Waals surface area (Å²) in [5, 5.41) is 6.09. The molecule has 0 saturated carbocycles. The van der Waals surface area contributed by atoms with Crippen LogP contribution in [0.3, 0.4) is 0 Å². The Balaban J connectivity index is 1.21. The van der Waals surface area contributed by atoms with Gasteiger partial charge in [-0.1, -0.05) is 30.3 Å². The first-order valence-corrected chi connectivity index (χ1v) is 10.8. The lowest BCUT2D eigenvalue weighted by atomic mass is 9.97. The number of rotatable bonds is 5. The minimum atomic E-state index is -0.116. The number of amides is 1. The summed E-state index contributed by atoms with van der Waals surface area (Å²) < 4.78 is 12.1. The fraction of sp³-hybridized carbons (Fsp3) is 0.280. The normalized spacial score (nSPS) is 19.9. The monoisotopic (exact) mass is 415 g/mol. The molecule has 0 bridgehead atoms. The predicted molar refractivity (Wildman–Crippen MR) is 119 cm³/mol. The number of carbonyl (C=O) groups excluding carboxylic acids is 1. The Morgan fingerprint density at radius 1 is 1.10 bits per heavy atom. The van der Waals surface area contributed by atoms with E-state index in [9.17, 15) is 4.79 Å². The summed E-state index contributed by atoms with van der Waals surface area (Å²) in [5.41, 5.74) is 3.00. The largest absolute Gasteiger partial charge is 0.485 e. The molecule has 6 nitrogen and oxygen atoms in total. The maximum Gasteiger partial charge on any atom is 0.241 e. The molecule has 1 unspecified atom stereocenters. The number of hydrogen-bond donors (Lipinski definition) is 2. The van der Waals surface area contributed by atoms with Crippen LogP contribution < -0.4 is 20.1 Å². The van der Waals surface area contributed by atoms with E-state index in [0.717, 1.165) is 49.3 Å². The van der Waals surface area contributed by atoms with Crippen LogP contribution in [0.25, 0.3) is 0 Å². The molecular weight excluding hydrogens is 390 g/mol. The molecule has 0 spiro atoms. The van der Waals surface area contributed by atoms with Crippen molar-refractivity contribution >= 4 is 11.6 Å². The lowest BCUT2D eigenvalue weighted by Crippen LogP contribution is -2.35. The van der Waals surface area contributed by atoms with Crippen LogP contribution in [0, 0.1) is 0 Å². The summed E-state index contributed by atoms with van der Waals surface area (Å²) in [6, 6.07) is 19.6. The first kappa shape index (κ1) is 19.6. The maximum absolute atomic E-state index is 12.2. The molecule has 158 valence electrons. The summed E-state index contributed by atoms with van der Waals surface area (Å²) in [6.45, 7) is 0.891. The van der Waals surface area contributed by atoms with E-state index < -0.39 is 0 Å². The molecule has 2 atom stereocenters. The van der Waals surface area contributed by atoms with E-state index >= 15 is 0 Å². The van der Waals surface area contributed by atoms with Crippen molar-refractivity contribution in [3.63, 3.8) is 0 Å². The average Bonchev–Trinajstić information content (AvgIpc) is 3.36. The Morgan fingerprint density at radius 2 is 2.00 bits per heavy atom. The minimum Gasteiger partial charge on any atom is -0.485 e. The van der Waals surface area contributed by atoms with E-state index in [1.54, 1.807) is 18.3 Å². The quantitative estimate of drug-likeness (QED) is 0.636. The van der Waals surface area contributed by atoms with Gasteiger partial charge in [0.15, 0.2) is 0 Å². The van der Waals surface area contributed by atoms with E-state index in [4.69, 9.17) is 9.47 Å². The van der Waals surface area contributed by atoms with Crippen molar-refractivity contribution in [3.05, 3.63) is 78.0 Å². The van der Waals surface area contributed by atoms with Gasteiger partial charge in [0, 0.05) is 6.07 Å². The number of carbonyl (C=O) groups is 1. The number of hydrogen-bond acceptors (Lipinski definition) is 5. The summed E-state index contributed by atoms with van der Waals surface area (Å²) in [5.74, 6) is 2.09. The molecule has 31 heavy (non-hydrogen) atoms. The second-order valence-electron chi connectivity index (χ2n) is 7.95. The highest BCUT2D eigenvalue weighted by atomic mass is 16.5. The lowest BCUT2D eigenvalue weighted by molar-refractivity contribution is -0.117. The third-order valence-electron chi connectivity index (χ3n) is 5.75. The topological polar surface area (TPSA) is 72.5 Å². The van der Waals surface area contributed by atoms with Gasteiger partial charge in [-0.15, -0.1) is 0 Å². The highest BCUT2D eigenvalue weighted by molar-refractivity contribution is 5.94. The highest BCUT2D eigenvalue weighted by Gasteiger charge is 2.23. The molecule has 0 radical (unpaired) electrons. The number of anilines is 1. The fourth-order valence-electron chi connectivity index (χ4n) is 4.10. The number of ether oxygens (including phenoxy) is 2. The van der Waals surface area contributed by atoms with Gasteiger partial charge in [0.2, 0.25) is 11.8 Å². The Kier molecular flexibility index (Phi) is 5.54. The van der Waals surface area contributed by atoms with E-state index in [2.05, 4.69) is 27.8 Å². The van der Waals surface area contributed by atoms with Crippen molar-refractivity contribution in [1.82, 2.24) is 10.3 Å². The standard InChI is InChI=1S/C25H25N3O3/c29-25(21-7-4-14-26-21)28-19-9-13-24(27-16-19)30-20-10-12-23-18(15-20)8-11-22(31-23)17-5-2-1-3-6-17/h1-3,5-6,9-10,12-13,15-16,21-22,26H,4,7-8,11,14H2,(H,28,29)/t21?,22-/m0/s1. The summed E-state index contributed by atoms with van der Waals surface area (Å²) in [4.78, 5) is 16.5. The Bertz CT molecular complexity index is 1050. The number of aromatic nitrogens is 1. The van der Waals surface area contributed by atoms with Crippen molar-refractivity contribution in [1.29, 1.82) is 0 Å². The average molecular weight is 415 g/mol. The molecule has 2 N–H and O–H groups in total. The second-order valence-corrected chi connectivity index (χ2v) is 7.95. The number of benzene rings is 2. The zero-order valence-corrected chi connectivity index (χ0v) is 17.2. The third kappa shape index (κ3) is 4.54. The SMILES string of the molecule is O=C(Nc1ccc(Oc2ccc3c(c2)CC[C@@H](c2ccccc2)O3)nc1)C1CCCN1. The molecule has 1 aromatic heterocycles. The van der Waals surface area contributed by atoms with Gasteiger partial charge in [-0.05, 0) is 67.6 Å². The smallest absolute Gasteiger partial charge is 0.241 e. The van der Waals surface area contributed by atoms with Crippen LogP contribution in [0.4, 0.5) is 5.69 Å². The van der Waals surface area contributed by atoms with Crippen LogP contribution in [0.2, 0.25) is 0 Å². The Hall–Kier alpha value is -3.38. The van der Waals surface area contributed by atoms with Gasteiger partial charge in [-0.25, -0.2) is 4.98 Å². The van der Waals surface area contributed by atoms with E-state index in [1.807, 2.05) is 36.4 Å². The van der Waals surface area contributed by atoms with Crippen LogP contribution in [-0.2, 0) is 11.2 Å². The molecule has 6 heteroatoms. The molecule has 0 aliphatic carbocycles. The van der Waals surface area contributed by atoms with Gasteiger partial charge < -0.3 is 20.1 Å². The molecule has 1 saturated heterocycles. The number of nitrogens with one attached hydrogen (secondary N) is 2. The number of nitrogens with zero attached hydrogens (tertiary/aromatic N) is 1. The van der Waals surface area contributed by atoms with Crippen molar-refractivity contribution < 1.29 is 14.3 Å². The molecular formula is C25H25N3O3. The molecule has 1 amide bonds. The Morgan fingerprint density at radius 3 is 2.77 bits per heavy atom. The fourth-order valence-corrected chi connectivity index (χ4v) is 4.10. The first-order valence-electron chi connectivity index (χ1n) is 10.8. The van der Waals surface area contributed by atoms with Gasteiger partial charge >= 0.3 is 0 Å². The van der Waals surface area contributed by atoms with Gasteiger partial charge in [0.25, 0.3) is 0 Å². The zero-order valence-electron chi connectivity index (χ0n) is 17.2. The number of aryl methyl sites for hydroxylation is 1. The zero-order chi connectivity index (χ0) is 21.0. The molecule has 5 rings (SSSR count). The Labute approximate surface area is 181 Å². The molecule has 2 aromatic carbocycles. The summed E-state index contributed by atoms with van der Waals surface area (Å²) in [6.07, 6.45) is 5.47. The molecule has 2 aliphatic heterocycles. The first-order chi connectivity index (χ1) is 15.2. The van der Waals surface area contributed by atoms with E-state index in [1.165, 1.54) is 5.56 Å². The summed E-state index contributed by atoms with van der Waals surface area (Å²) >= 11 is 0. The number of fused-ring (bicyclic) bond motifs is 1. The van der Waals surface area contributed by atoms with E-state index in [-0.39, 0.29) is 18.1 Å². The molecule has 1 fully saturated rings. The van der Waals surface area contributed by atoms with Gasteiger partial charge in [0.05, 0.1) is 17.9 Å². The van der Waals surface area contributed by atoms with Gasteiger partial charge in [-0.3, -0.25) is 4.79 Å². The highest BCUT2D eigenvalue weighted by Crippen LogP contribution is 2.37. The van der Waals surface area contributed by atoms with Crippen molar-refractivity contribution in [2.75, 3.05) is 11.9 Å². The van der Waals surface area contributed by atoms with Crippen LogP contribution in [0.1, 0.15) is 36.5 Å². The van der Waals surface area contributed by atoms with Crippen LogP contribution in [0.15, 0.2) is 66.9 Å². The van der Waals surface area contributed by atoms with Crippen LogP contribution in [-0.4, -0.2) is 23.5 Å². The molecule has 3 heterocycles. The van der Waals surface area contributed by atoms with Gasteiger partial charge in [0.1, 0.15) is 17.6 Å². The summed E-state index contributed by atoms with van der Waals surface area (Å²) in [7, 11) is 0. The van der Waals surface area contributed by atoms with Gasteiger partial charge in [-0.2, -0.15) is 0 Å². The van der Waals surface area contributed by atoms with Crippen LogP contribution >= 0.6 is 0 Å². The second kappa shape index (κ2) is 8.78. The van der Waals surface area contributed by atoms with Crippen LogP contribution in [0.5, 0.6) is 17.4 Å². The van der Waals surface area contributed by atoms with E-state index in [0.29, 0.717) is 11.6 Å². The molecule has 2 aliphatic rings. The third-order valence-corrected chi connectivity index (χ3v) is 5.75. The number of pyridine rings is 1. The molecule has 3 aromatic rings. The van der Waals surface area contributed by atoms with Crippen molar-refractivity contribution in [2.24, 2.45) is 0 Å². The van der Waals surface area contributed by atoms with Crippen molar-refractivity contribution in [3.8, 4) is 17.4 Å². The maximum atomic E-state index is 12.2. The lowest BCUT2D eigenvalue weighted by Gasteiger charge is -2.26. The van der Waals surface area contributed by atoms with Crippen molar-refractivity contribution in [2.45, 2.75) is 37.8 Å².